The van der Waals surface area contributed by atoms with E-state index in [9.17, 15) is 9.18 Å². The average Bonchev–Trinajstić information content (AvgIpc) is 3.20. The summed E-state index contributed by atoms with van der Waals surface area (Å²) in [5, 5.41) is 4.53. The molecule has 0 bridgehead atoms. The fourth-order valence-corrected chi connectivity index (χ4v) is 3.01. The first-order valence-electron chi connectivity index (χ1n) is 9.72. The maximum Gasteiger partial charge on any atom is 0.226 e. The van der Waals surface area contributed by atoms with Crippen molar-refractivity contribution in [1.82, 2.24) is 15.0 Å². The molecule has 3 aromatic rings. The highest BCUT2D eigenvalue weighted by molar-refractivity contribution is 6.30. The summed E-state index contributed by atoms with van der Waals surface area (Å²) in [6, 6.07) is 13.1. The van der Waals surface area contributed by atoms with E-state index in [-0.39, 0.29) is 11.7 Å². The minimum absolute atomic E-state index is 0.0519. The van der Waals surface area contributed by atoms with E-state index < -0.39 is 0 Å². The summed E-state index contributed by atoms with van der Waals surface area (Å²) in [5.74, 6) is 1.32. The molecule has 0 saturated heterocycles. The number of halogens is 2. The smallest absolute Gasteiger partial charge is 0.226 e. The quantitative estimate of drug-likeness (QED) is 0.432. The first-order chi connectivity index (χ1) is 14.5. The van der Waals surface area contributed by atoms with Crippen LogP contribution in [0, 0.1) is 5.82 Å². The van der Waals surface area contributed by atoms with Crippen molar-refractivity contribution >= 4 is 17.5 Å². The maximum atomic E-state index is 13.0. The minimum Gasteiger partial charge on any atom is -0.493 e. The van der Waals surface area contributed by atoms with E-state index in [0.717, 1.165) is 12.2 Å². The van der Waals surface area contributed by atoms with Crippen LogP contribution in [0.2, 0.25) is 5.02 Å². The van der Waals surface area contributed by atoms with Crippen LogP contribution >= 0.6 is 11.6 Å². The highest BCUT2D eigenvalue weighted by Gasteiger charge is 2.12. The SMILES string of the molecule is CN(CCCOc1cccc(Cl)c1)C(=O)CCCc1nc(-c2ccc(F)cc2)no1. The highest BCUT2D eigenvalue weighted by Crippen LogP contribution is 2.18. The van der Waals surface area contributed by atoms with Crippen molar-refractivity contribution in [3.63, 3.8) is 0 Å². The van der Waals surface area contributed by atoms with Gasteiger partial charge in [-0.2, -0.15) is 4.98 Å². The van der Waals surface area contributed by atoms with E-state index >= 15 is 0 Å². The number of rotatable bonds is 10. The molecule has 8 heteroatoms. The monoisotopic (exact) mass is 431 g/mol. The largest absolute Gasteiger partial charge is 0.493 e. The third kappa shape index (κ3) is 6.56. The van der Waals surface area contributed by atoms with Gasteiger partial charge in [0.1, 0.15) is 11.6 Å². The van der Waals surface area contributed by atoms with Crippen molar-refractivity contribution in [1.29, 1.82) is 0 Å². The molecule has 1 heterocycles. The zero-order valence-electron chi connectivity index (χ0n) is 16.7. The number of aryl methyl sites for hydroxylation is 1. The molecular weight excluding hydrogens is 409 g/mol. The number of hydrogen-bond donors (Lipinski definition) is 0. The molecule has 0 N–H and O–H groups in total. The molecule has 2 aromatic carbocycles. The molecule has 0 saturated carbocycles. The number of carbonyl (C=O) groups is 1. The molecule has 0 unspecified atom stereocenters. The van der Waals surface area contributed by atoms with E-state index in [1.54, 1.807) is 36.2 Å². The number of nitrogens with zero attached hydrogens (tertiary/aromatic N) is 3. The molecule has 0 radical (unpaired) electrons. The summed E-state index contributed by atoms with van der Waals surface area (Å²) in [7, 11) is 1.78. The Hall–Kier alpha value is -2.93. The van der Waals surface area contributed by atoms with Crippen molar-refractivity contribution in [3.05, 3.63) is 65.3 Å². The highest BCUT2D eigenvalue weighted by atomic mass is 35.5. The molecule has 6 nitrogen and oxygen atoms in total. The van der Waals surface area contributed by atoms with Crippen LogP contribution in [0.15, 0.2) is 53.1 Å². The van der Waals surface area contributed by atoms with Gasteiger partial charge in [0.25, 0.3) is 0 Å². The Morgan fingerprint density at radius 1 is 1.20 bits per heavy atom. The van der Waals surface area contributed by atoms with E-state index in [0.29, 0.717) is 54.7 Å². The molecule has 0 fully saturated rings. The van der Waals surface area contributed by atoms with Gasteiger partial charge in [-0.1, -0.05) is 22.8 Å². The fourth-order valence-electron chi connectivity index (χ4n) is 2.83. The van der Waals surface area contributed by atoms with Gasteiger partial charge in [0.2, 0.25) is 17.6 Å². The van der Waals surface area contributed by atoms with Crippen LogP contribution in [0.1, 0.15) is 25.2 Å². The van der Waals surface area contributed by atoms with Crippen LogP contribution in [0.4, 0.5) is 4.39 Å². The first kappa shape index (κ1) is 21.8. The molecule has 0 atom stereocenters. The lowest BCUT2D eigenvalue weighted by atomic mass is 10.2. The van der Waals surface area contributed by atoms with Gasteiger partial charge in [0, 0.05) is 37.0 Å². The Morgan fingerprint density at radius 3 is 2.77 bits per heavy atom. The van der Waals surface area contributed by atoms with Gasteiger partial charge >= 0.3 is 0 Å². The third-order valence-electron chi connectivity index (χ3n) is 4.48. The molecule has 0 aliphatic carbocycles. The van der Waals surface area contributed by atoms with E-state index in [1.807, 2.05) is 12.1 Å². The summed E-state index contributed by atoms with van der Waals surface area (Å²) in [6.45, 7) is 1.11. The summed E-state index contributed by atoms with van der Waals surface area (Å²) in [6.07, 6.45) is 2.22. The fraction of sp³-hybridized carbons (Fsp3) is 0.318. The van der Waals surface area contributed by atoms with Gasteiger partial charge in [-0.3, -0.25) is 4.79 Å². The van der Waals surface area contributed by atoms with Crippen molar-refractivity contribution in [2.75, 3.05) is 20.2 Å². The van der Waals surface area contributed by atoms with E-state index in [4.69, 9.17) is 20.9 Å². The normalized spacial score (nSPS) is 10.8. The second-order valence-electron chi connectivity index (χ2n) is 6.85. The van der Waals surface area contributed by atoms with Crippen molar-refractivity contribution in [3.8, 4) is 17.1 Å². The van der Waals surface area contributed by atoms with Crippen LogP contribution < -0.4 is 4.74 Å². The van der Waals surface area contributed by atoms with Crippen molar-refractivity contribution in [2.45, 2.75) is 25.7 Å². The molecule has 30 heavy (non-hydrogen) atoms. The number of benzene rings is 2. The van der Waals surface area contributed by atoms with Gasteiger partial charge < -0.3 is 14.2 Å². The Labute approximate surface area is 179 Å². The number of hydrogen-bond acceptors (Lipinski definition) is 5. The molecule has 3 rings (SSSR count). The van der Waals surface area contributed by atoms with Gasteiger partial charge in [0.15, 0.2) is 0 Å². The lowest BCUT2D eigenvalue weighted by molar-refractivity contribution is -0.130. The van der Waals surface area contributed by atoms with Crippen molar-refractivity contribution < 1.29 is 18.4 Å². The van der Waals surface area contributed by atoms with Crippen LogP contribution in [0.3, 0.4) is 0 Å². The second kappa shape index (κ2) is 10.7. The molecule has 0 spiro atoms. The van der Waals surface area contributed by atoms with Gasteiger partial charge in [0.05, 0.1) is 6.61 Å². The van der Waals surface area contributed by atoms with Gasteiger partial charge in [-0.15, -0.1) is 0 Å². The van der Waals surface area contributed by atoms with Gasteiger partial charge in [-0.05, 0) is 55.3 Å². The number of carbonyl (C=O) groups excluding carboxylic acids is 1. The predicted molar refractivity (Wildman–Crippen MR) is 112 cm³/mol. The Kier molecular flexibility index (Phi) is 7.79. The zero-order valence-corrected chi connectivity index (χ0v) is 17.4. The van der Waals surface area contributed by atoms with Crippen LogP contribution in [0.5, 0.6) is 5.75 Å². The number of aromatic nitrogens is 2. The number of ether oxygens (including phenoxy) is 1. The zero-order chi connectivity index (χ0) is 21.3. The third-order valence-corrected chi connectivity index (χ3v) is 4.72. The lowest BCUT2D eigenvalue weighted by Crippen LogP contribution is -2.28. The summed E-state index contributed by atoms with van der Waals surface area (Å²) in [4.78, 5) is 18.3. The minimum atomic E-state index is -0.318. The molecule has 1 amide bonds. The molecular formula is C22H23ClFN3O3. The molecule has 1 aromatic heterocycles. The van der Waals surface area contributed by atoms with Crippen LogP contribution in [-0.4, -0.2) is 41.1 Å². The first-order valence-corrected chi connectivity index (χ1v) is 10.1. The Balaban J connectivity index is 1.34. The average molecular weight is 432 g/mol. The van der Waals surface area contributed by atoms with Crippen molar-refractivity contribution in [2.24, 2.45) is 0 Å². The molecule has 0 aliphatic heterocycles. The summed E-state index contributed by atoms with van der Waals surface area (Å²) >= 11 is 5.92. The second-order valence-corrected chi connectivity index (χ2v) is 7.28. The van der Waals surface area contributed by atoms with Crippen LogP contribution in [-0.2, 0) is 11.2 Å². The summed E-state index contributed by atoms with van der Waals surface area (Å²) < 4.78 is 23.8. The van der Waals surface area contributed by atoms with E-state index in [2.05, 4.69) is 10.1 Å². The number of amides is 1. The van der Waals surface area contributed by atoms with E-state index in [1.165, 1.54) is 12.1 Å². The summed E-state index contributed by atoms with van der Waals surface area (Å²) in [5.41, 5.74) is 0.683. The lowest BCUT2D eigenvalue weighted by Gasteiger charge is -2.17. The van der Waals surface area contributed by atoms with Gasteiger partial charge in [-0.25, -0.2) is 4.39 Å². The van der Waals surface area contributed by atoms with Crippen LogP contribution in [0.25, 0.3) is 11.4 Å². The molecule has 0 aliphatic rings. The Bertz CT molecular complexity index is 962. The molecule has 158 valence electrons. The Morgan fingerprint density at radius 2 is 2.00 bits per heavy atom. The maximum absolute atomic E-state index is 13.0. The topological polar surface area (TPSA) is 68.5 Å². The standard InChI is InChI=1S/C22H23ClFN3O3/c1-27(13-4-14-29-19-6-2-5-17(23)15-19)21(28)8-3-7-20-25-22(26-30-20)16-9-11-18(24)12-10-16/h2,5-6,9-12,15H,3-4,7-8,13-14H2,1H3. The predicted octanol–water partition coefficient (Wildman–Crippen LogP) is 4.78.